The van der Waals surface area contributed by atoms with E-state index in [-0.39, 0.29) is 0 Å². The van der Waals surface area contributed by atoms with E-state index in [0.29, 0.717) is 5.92 Å². The van der Waals surface area contributed by atoms with Crippen molar-refractivity contribution in [3.8, 4) is 5.75 Å². The molecule has 0 heterocycles. The van der Waals surface area contributed by atoms with Crippen LogP contribution in [0.4, 0.5) is 0 Å². The first kappa shape index (κ1) is 15.0. The van der Waals surface area contributed by atoms with Gasteiger partial charge in [0.05, 0.1) is 7.11 Å². The highest BCUT2D eigenvalue weighted by molar-refractivity contribution is 5.27. The molecule has 1 aromatic carbocycles. The predicted molar refractivity (Wildman–Crippen MR) is 77.3 cm³/mol. The fraction of sp³-hybridized carbons (Fsp3) is 0.600. The molecule has 3 nitrogen and oxygen atoms in total. The molecule has 1 unspecified atom stereocenters. The van der Waals surface area contributed by atoms with Crippen LogP contribution in [0.2, 0.25) is 0 Å². The zero-order valence-corrected chi connectivity index (χ0v) is 12.1. The number of nitrogens with zero attached hydrogens (tertiary/aromatic N) is 1. The van der Waals surface area contributed by atoms with Gasteiger partial charge in [-0.1, -0.05) is 19.1 Å². The highest BCUT2D eigenvalue weighted by atomic mass is 16.5. The molecule has 0 aromatic heterocycles. The van der Waals surface area contributed by atoms with Gasteiger partial charge < -0.3 is 15.0 Å². The average molecular weight is 250 g/mol. The van der Waals surface area contributed by atoms with Crippen molar-refractivity contribution in [1.82, 2.24) is 10.2 Å². The molecule has 0 radical (unpaired) electrons. The lowest BCUT2D eigenvalue weighted by atomic mass is 10.1. The standard InChI is InChI=1S/C15H26N2O/c1-13(11-16-2)12-17(3)10-9-14-5-7-15(18-4)8-6-14/h5-8,13,16H,9-12H2,1-4H3. The lowest BCUT2D eigenvalue weighted by Gasteiger charge is -2.21. The molecule has 0 bridgehead atoms. The van der Waals surface area contributed by atoms with Crippen molar-refractivity contribution in [3.63, 3.8) is 0 Å². The second kappa shape index (κ2) is 8.11. The Labute approximate surface area is 111 Å². The van der Waals surface area contributed by atoms with E-state index in [1.165, 1.54) is 5.56 Å². The van der Waals surface area contributed by atoms with Crippen LogP contribution < -0.4 is 10.1 Å². The maximum Gasteiger partial charge on any atom is 0.118 e. The Morgan fingerprint density at radius 1 is 1.28 bits per heavy atom. The fourth-order valence-corrected chi connectivity index (χ4v) is 2.15. The summed E-state index contributed by atoms with van der Waals surface area (Å²) < 4.78 is 5.16. The molecule has 18 heavy (non-hydrogen) atoms. The van der Waals surface area contributed by atoms with Crippen LogP contribution in [-0.2, 0) is 6.42 Å². The van der Waals surface area contributed by atoms with E-state index < -0.39 is 0 Å². The minimum absolute atomic E-state index is 0.691. The van der Waals surface area contributed by atoms with Gasteiger partial charge in [-0.05, 0) is 50.7 Å². The summed E-state index contributed by atoms with van der Waals surface area (Å²) in [5.41, 5.74) is 1.36. The van der Waals surface area contributed by atoms with Gasteiger partial charge in [-0.2, -0.15) is 0 Å². The number of likely N-dealkylation sites (N-methyl/N-ethyl adjacent to an activating group) is 1. The third kappa shape index (κ3) is 5.52. The average Bonchev–Trinajstić information content (AvgIpc) is 2.37. The predicted octanol–water partition coefficient (Wildman–Crippen LogP) is 2.02. The third-order valence-electron chi connectivity index (χ3n) is 3.12. The number of hydrogen-bond acceptors (Lipinski definition) is 3. The van der Waals surface area contributed by atoms with E-state index in [1.54, 1.807) is 7.11 Å². The van der Waals surface area contributed by atoms with Gasteiger partial charge in [-0.25, -0.2) is 0 Å². The summed E-state index contributed by atoms with van der Waals surface area (Å²) in [7, 11) is 5.90. The van der Waals surface area contributed by atoms with Crippen molar-refractivity contribution in [1.29, 1.82) is 0 Å². The van der Waals surface area contributed by atoms with Crippen LogP contribution >= 0.6 is 0 Å². The Hall–Kier alpha value is -1.06. The minimum atomic E-state index is 0.691. The summed E-state index contributed by atoms with van der Waals surface area (Å²) in [6.07, 6.45) is 1.09. The molecule has 1 aromatic rings. The monoisotopic (exact) mass is 250 g/mol. The van der Waals surface area contributed by atoms with E-state index in [2.05, 4.69) is 36.3 Å². The largest absolute Gasteiger partial charge is 0.497 e. The van der Waals surface area contributed by atoms with Crippen molar-refractivity contribution in [2.45, 2.75) is 13.3 Å². The zero-order valence-electron chi connectivity index (χ0n) is 12.1. The van der Waals surface area contributed by atoms with E-state index in [1.807, 2.05) is 19.2 Å². The van der Waals surface area contributed by atoms with Crippen LogP contribution in [-0.4, -0.2) is 45.7 Å². The molecule has 102 valence electrons. The first-order valence-electron chi connectivity index (χ1n) is 6.61. The summed E-state index contributed by atoms with van der Waals surface area (Å²) in [5, 5.41) is 3.22. The molecule has 0 aliphatic carbocycles. The molecular weight excluding hydrogens is 224 g/mol. The maximum absolute atomic E-state index is 5.16. The normalized spacial score (nSPS) is 12.7. The number of benzene rings is 1. The first-order chi connectivity index (χ1) is 8.65. The Bertz CT molecular complexity index is 324. The van der Waals surface area contributed by atoms with Gasteiger partial charge in [-0.3, -0.25) is 0 Å². The number of rotatable bonds is 8. The minimum Gasteiger partial charge on any atom is -0.497 e. The van der Waals surface area contributed by atoms with Crippen LogP contribution in [0.25, 0.3) is 0 Å². The van der Waals surface area contributed by atoms with Gasteiger partial charge in [-0.15, -0.1) is 0 Å². The number of ether oxygens (including phenoxy) is 1. The Morgan fingerprint density at radius 3 is 2.50 bits per heavy atom. The molecular formula is C15H26N2O. The van der Waals surface area contributed by atoms with Gasteiger partial charge in [0.25, 0.3) is 0 Å². The Balaban J connectivity index is 2.30. The smallest absolute Gasteiger partial charge is 0.118 e. The summed E-state index contributed by atoms with van der Waals surface area (Å²) in [6.45, 7) is 5.59. The van der Waals surface area contributed by atoms with Gasteiger partial charge >= 0.3 is 0 Å². The highest BCUT2D eigenvalue weighted by Crippen LogP contribution is 2.12. The van der Waals surface area contributed by atoms with Crippen LogP contribution in [0.15, 0.2) is 24.3 Å². The van der Waals surface area contributed by atoms with Gasteiger partial charge in [0.2, 0.25) is 0 Å². The molecule has 1 N–H and O–H groups in total. The Kier molecular flexibility index (Phi) is 6.76. The molecule has 0 amide bonds. The van der Waals surface area contributed by atoms with Gasteiger partial charge in [0.15, 0.2) is 0 Å². The molecule has 1 atom stereocenters. The second-order valence-corrected chi connectivity index (χ2v) is 5.02. The highest BCUT2D eigenvalue weighted by Gasteiger charge is 2.05. The van der Waals surface area contributed by atoms with E-state index in [0.717, 1.165) is 31.8 Å². The topological polar surface area (TPSA) is 24.5 Å². The fourth-order valence-electron chi connectivity index (χ4n) is 2.15. The van der Waals surface area contributed by atoms with Crippen LogP contribution in [0.1, 0.15) is 12.5 Å². The molecule has 0 aliphatic rings. The molecule has 0 fully saturated rings. The number of methoxy groups -OCH3 is 1. The van der Waals surface area contributed by atoms with Crippen molar-refractivity contribution in [3.05, 3.63) is 29.8 Å². The summed E-state index contributed by atoms with van der Waals surface area (Å²) >= 11 is 0. The number of nitrogens with one attached hydrogen (secondary N) is 1. The molecule has 1 rings (SSSR count). The first-order valence-corrected chi connectivity index (χ1v) is 6.61. The molecule has 0 saturated heterocycles. The third-order valence-corrected chi connectivity index (χ3v) is 3.12. The Morgan fingerprint density at radius 2 is 1.94 bits per heavy atom. The maximum atomic E-state index is 5.16. The molecule has 0 aliphatic heterocycles. The van der Waals surface area contributed by atoms with E-state index in [9.17, 15) is 0 Å². The van der Waals surface area contributed by atoms with Crippen molar-refractivity contribution < 1.29 is 4.74 Å². The summed E-state index contributed by atoms with van der Waals surface area (Å²) in [5.74, 6) is 1.62. The van der Waals surface area contributed by atoms with E-state index >= 15 is 0 Å². The zero-order chi connectivity index (χ0) is 13.4. The van der Waals surface area contributed by atoms with Crippen molar-refractivity contribution in [2.24, 2.45) is 5.92 Å². The lowest BCUT2D eigenvalue weighted by Crippen LogP contribution is -2.31. The molecule has 0 spiro atoms. The van der Waals surface area contributed by atoms with Crippen molar-refractivity contribution in [2.75, 3.05) is 40.8 Å². The second-order valence-electron chi connectivity index (χ2n) is 5.02. The van der Waals surface area contributed by atoms with Gasteiger partial charge in [0.1, 0.15) is 5.75 Å². The van der Waals surface area contributed by atoms with E-state index in [4.69, 9.17) is 4.74 Å². The quantitative estimate of drug-likeness (QED) is 0.764. The van der Waals surface area contributed by atoms with Gasteiger partial charge in [0, 0.05) is 13.1 Å². The van der Waals surface area contributed by atoms with Crippen LogP contribution in [0, 0.1) is 5.92 Å². The SMILES string of the molecule is CNCC(C)CN(C)CCc1ccc(OC)cc1. The molecule has 3 heteroatoms. The van der Waals surface area contributed by atoms with Crippen LogP contribution in [0.3, 0.4) is 0 Å². The lowest BCUT2D eigenvalue weighted by molar-refractivity contribution is 0.286. The summed E-state index contributed by atoms with van der Waals surface area (Å²) in [4.78, 5) is 2.40. The van der Waals surface area contributed by atoms with Crippen LogP contribution in [0.5, 0.6) is 5.75 Å². The van der Waals surface area contributed by atoms with Crippen molar-refractivity contribution >= 4 is 0 Å². The molecule has 0 saturated carbocycles. The summed E-state index contributed by atoms with van der Waals surface area (Å²) in [6, 6.07) is 8.34. The number of hydrogen-bond donors (Lipinski definition) is 1.